The molecule has 0 fully saturated rings. The molecule has 0 radical (unpaired) electrons. The topological polar surface area (TPSA) is 125 Å². The summed E-state index contributed by atoms with van der Waals surface area (Å²) in [5, 5.41) is 17.3. The first-order valence-electron chi connectivity index (χ1n) is 5.07. The number of rotatable bonds is 4. The number of nitriles is 2. The zero-order valence-corrected chi connectivity index (χ0v) is 10.4. The van der Waals surface area contributed by atoms with Crippen LogP contribution in [-0.4, -0.2) is 12.2 Å². The number of ether oxygens (including phenoxy) is 2. The lowest BCUT2D eigenvalue weighted by molar-refractivity contribution is 0.442. The standard InChI is InChI=1S/C12H6N4O4/c1-7-8(2)10(16-6-18)12(20-4-14)11(19-3-13)9(7)15-5-17/h1-2H3. The number of isocyanates is 2. The Kier molecular flexibility index (Phi) is 4.74. The van der Waals surface area contributed by atoms with E-state index in [4.69, 9.17) is 10.5 Å². The molecule has 0 heterocycles. The van der Waals surface area contributed by atoms with Crippen LogP contribution in [0.1, 0.15) is 11.1 Å². The summed E-state index contributed by atoms with van der Waals surface area (Å²) in [4.78, 5) is 27.7. The van der Waals surface area contributed by atoms with Gasteiger partial charge in [-0.3, -0.25) is 0 Å². The lowest BCUT2D eigenvalue weighted by Crippen LogP contribution is -1.95. The molecule has 8 heteroatoms. The van der Waals surface area contributed by atoms with Crippen LogP contribution in [0.25, 0.3) is 0 Å². The van der Waals surface area contributed by atoms with Gasteiger partial charge >= 0.3 is 0 Å². The van der Waals surface area contributed by atoms with Crippen LogP contribution in [0.5, 0.6) is 11.5 Å². The predicted molar refractivity (Wildman–Crippen MR) is 64.0 cm³/mol. The van der Waals surface area contributed by atoms with Crippen LogP contribution in [0.4, 0.5) is 11.4 Å². The molecule has 20 heavy (non-hydrogen) atoms. The molecule has 0 aromatic heterocycles. The molecule has 0 N–H and O–H groups in total. The molecule has 0 spiro atoms. The molecule has 0 bridgehead atoms. The molecule has 0 aliphatic carbocycles. The molecular formula is C12H6N4O4. The summed E-state index contributed by atoms with van der Waals surface area (Å²) in [6, 6.07) is 0. The van der Waals surface area contributed by atoms with Crippen molar-refractivity contribution in [1.82, 2.24) is 0 Å². The predicted octanol–water partition coefficient (Wildman–Crippen LogP) is 1.96. The van der Waals surface area contributed by atoms with Crippen LogP contribution >= 0.6 is 0 Å². The van der Waals surface area contributed by atoms with Gasteiger partial charge in [-0.15, -0.1) is 10.5 Å². The highest BCUT2D eigenvalue weighted by atomic mass is 16.5. The molecule has 8 nitrogen and oxygen atoms in total. The van der Waals surface area contributed by atoms with Crippen LogP contribution in [0.2, 0.25) is 0 Å². The molecule has 0 amide bonds. The van der Waals surface area contributed by atoms with Gasteiger partial charge in [0.15, 0.2) is 0 Å². The van der Waals surface area contributed by atoms with Crippen molar-refractivity contribution in [3.05, 3.63) is 11.1 Å². The molecule has 0 saturated carbocycles. The van der Waals surface area contributed by atoms with E-state index in [2.05, 4.69) is 19.5 Å². The molecule has 0 unspecified atom stereocenters. The Morgan fingerprint density at radius 1 is 0.850 bits per heavy atom. The smallest absolute Gasteiger partial charge is 0.292 e. The number of hydrogen-bond donors (Lipinski definition) is 0. The Balaban J connectivity index is 3.92. The van der Waals surface area contributed by atoms with Crippen molar-refractivity contribution in [1.29, 1.82) is 10.5 Å². The average molecular weight is 270 g/mol. The highest BCUT2D eigenvalue weighted by molar-refractivity contribution is 5.80. The third-order valence-electron chi connectivity index (χ3n) is 2.52. The maximum Gasteiger partial charge on any atom is 0.292 e. The third kappa shape index (κ3) is 2.53. The molecule has 0 aliphatic rings. The molecular weight excluding hydrogens is 264 g/mol. The summed E-state index contributed by atoms with van der Waals surface area (Å²) < 4.78 is 9.33. The van der Waals surface area contributed by atoms with E-state index < -0.39 is 0 Å². The molecule has 1 aromatic rings. The summed E-state index contributed by atoms with van der Waals surface area (Å²) >= 11 is 0. The average Bonchev–Trinajstić information content (AvgIpc) is 2.44. The normalized spacial score (nSPS) is 8.40. The van der Waals surface area contributed by atoms with Crippen molar-refractivity contribution in [2.24, 2.45) is 9.98 Å². The number of carbonyl (C=O) groups excluding carboxylic acids is 2. The van der Waals surface area contributed by atoms with E-state index in [1.807, 2.05) is 0 Å². The second-order valence-electron chi connectivity index (χ2n) is 3.40. The van der Waals surface area contributed by atoms with Crippen molar-refractivity contribution in [2.75, 3.05) is 0 Å². The van der Waals surface area contributed by atoms with Gasteiger partial charge < -0.3 is 9.47 Å². The largest absolute Gasteiger partial charge is 0.381 e. The first-order valence-corrected chi connectivity index (χ1v) is 5.07. The molecule has 0 aliphatic heterocycles. The first kappa shape index (κ1) is 14.6. The zero-order chi connectivity index (χ0) is 15.1. The molecule has 98 valence electrons. The van der Waals surface area contributed by atoms with Gasteiger partial charge in [-0.05, 0) is 25.0 Å². The van der Waals surface area contributed by atoms with Crippen LogP contribution in [0.3, 0.4) is 0 Å². The maximum absolute atomic E-state index is 10.5. The van der Waals surface area contributed by atoms with E-state index in [0.717, 1.165) is 0 Å². The van der Waals surface area contributed by atoms with Crippen LogP contribution in [0.15, 0.2) is 9.98 Å². The Morgan fingerprint density at radius 3 is 1.45 bits per heavy atom. The summed E-state index contributed by atoms with van der Waals surface area (Å²) in [7, 11) is 0. The number of nitrogens with zero attached hydrogens (tertiary/aromatic N) is 4. The van der Waals surface area contributed by atoms with Gasteiger partial charge in [-0.2, -0.15) is 9.98 Å². The second kappa shape index (κ2) is 6.48. The Bertz CT molecular complexity index is 667. The minimum Gasteiger partial charge on any atom is -0.381 e. The Labute approximate surface area is 113 Å². The van der Waals surface area contributed by atoms with Gasteiger partial charge in [-0.1, -0.05) is 0 Å². The summed E-state index contributed by atoms with van der Waals surface area (Å²) in [5.41, 5.74) is 0.763. The summed E-state index contributed by atoms with van der Waals surface area (Å²) in [5.74, 6) is -0.594. The van der Waals surface area contributed by atoms with E-state index in [1.54, 1.807) is 13.8 Å². The fraction of sp³-hybridized carbons (Fsp3) is 0.167. The van der Waals surface area contributed by atoms with Crippen LogP contribution in [0, 0.1) is 36.9 Å². The quantitative estimate of drug-likeness (QED) is 0.467. The number of benzene rings is 1. The third-order valence-corrected chi connectivity index (χ3v) is 2.52. The van der Waals surface area contributed by atoms with E-state index in [9.17, 15) is 9.59 Å². The summed E-state index contributed by atoms with van der Waals surface area (Å²) in [6.45, 7) is 3.13. The van der Waals surface area contributed by atoms with Crippen LogP contribution in [-0.2, 0) is 9.59 Å². The second-order valence-corrected chi connectivity index (χ2v) is 3.40. The van der Waals surface area contributed by atoms with Gasteiger partial charge in [0.25, 0.3) is 12.5 Å². The van der Waals surface area contributed by atoms with Crippen molar-refractivity contribution in [3.8, 4) is 24.0 Å². The maximum atomic E-state index is 10.5. The lowest BCUT2D eigenvalue weighted by atomic mass is 10.0. The van der Waals surface area contributed by atoms with Gasteiger partial charge in [0.2, 0.25) is 23.7 Å². The Morgan fingerprint density at radius 2 is 1.20 bits per heavy atom. The van der Waals surface area contributed by atoms with E-state index in [1.165, 1.54) is 24.7 Å². The van der Waals surface area contributed by atoms with Crippen molar-refractivity contribution < 1.29 is 19.1 Å². The summed E-state index contributed by atoms with van der Waals surface area (Å²) in [6.07, 6.45) is 5.38. The van der Waals surface area contributed by atoms with Gasteiger partial charge in [0.1, 0.15) is 11.4 Å². The Hall–Kier alpha value is -3.44. The molecule has 0 atom stereocenters. The van der Waals surface area contributed by atoms with Gasteiger partial charge in [0.05, 0.1) is 0 Å². The first-order chi connectivity index (χ1) is 9.62. The van der Waals surface area contributed by atoms with E-state index in [0.29, 0.717) is 11.1 Å². The minimum atomic E-state index is -0.297. The SMILES string of the molecule is Cc1c(C)c(N=C=O)c(OC#N)c(OC#N)c1N=C=O. The molecule has 1 aromatic carbocycles. The lowest BCUT2D eigenvalue weighted by Gasteiger charge is -2.13. The van der Waals surface area contributed by atoms with Crippen LogP contribution < -0.4 is 9.47 Å². The number of hydrogen-bond acceptors (Lipinski definition) is 8. The fourth-order valence-corrected chi connectivity index (χ4v) is 1.55. The van der Waals surface area contributed by atoms with Crippen molar-refractivity contribution in [3.63, 3.8) is 0 Å². The zero-order valence-electron chi connectivity index (χ0n) is 10.4. The van der Waals surface area contributed by atoms with Crippen molar-refractivity contribution >= 4 is 23.5 Å². The fourth-order valence-electron chi connectivity index (χ4n) is 1.55. The monoisotopic (exact) mass is 270 g/mol. The number of aliphatic imine (C=N–C) groups is 2. The minimum absolute atomic E-state index is 0.0332. The van der Waals surface area contributed by atoms with E-state index >= 15 is 0 Å². The highest BCUT2D eigenvalue weighted by Gasteiger charge is 2.23. The molecule has 1 rings (SSSR count). The van der Waals surface area contributed by atoms with Crippen molar-refractivity contribution in [2.45, 2.75) is 13.8 Å². The van der Waals surface area contributed by atoms with E-state index in [-0.39, 0.29) is 22.9 Å². The van der Waals surface area contributed by atoms with Gasteiger partial charge in [-0.25, -0.2) is 9.59 Å². The highest BCUT2D eigenvalue weighted by Crippen LogP contribution is 2.49. The van der Waals surface area contributed by atoms with Gasteiger partial charge in [0, 0.05) is 0 Å². The molecule has 0 saturated heterocycles.